The van der Waals surface area contributed by atoms with Gasteiger partial charge in [0.15, 0.2) is 5.69 Å². The van der Waals surface area contributed by atoms with Gasteiger partial charge in [-0.25, -0.2) is 4.68 Å². The van der Waals surface area contributed by atoms with Crippen molar-refractivity contribution in [3.8, 4) is 5.69 Å². The third kappa shape index (κ3) is 4.21. The Hall–Kier alpha value is -2.74. The molecule has 3 rings (SSSR count). The molecule has 0 bridgehead atoms. The summed E-state index contributed by atoms with van der Waals surface area (Å²) in [5.74, 6) is 0.333. The number of nitrogens with zero attached hydrogens (tertiary/aromatic N) is 3. The van der Waals surface area contributed by atoms with Crippen LogP contribution in [-0.4, -0.2) is 40.2 Å². The van der Waals surface area contributed by atoms with Crippen LogP contribution in [0.25, 0.3) is 5.69 Å². The van der Waals surface area contributed by atoms with Crippen LogP contribution < -0.4 is 10.6 Å². The number of aromatic nitrogens is 2. The van der Waals surface area contributed by atoms with E-state index in [1.807, 2.05) is 0 Å². The van der Waals surface area contributed by atoms with Gasteiger partial charge in [0.25, 0.3) is 11.6 Å². The van der Waals surface area contributed by atoms with Gasteiger partial charge in [-0.3, -0.25) is 14.9 Å². The van der Waals surface area contributed by atoms with Crippen molar-refractivity contribution in [2.45, 2.75) is 19.3 Å². The Balaban J connectivity index is 1.61. The predicted molar refractivity (Wildman–Crippen MR) is 92.8 cm³/mol. The summed E-state index contributed by atoms with van der Waals surface area (Å²) in [5, 5.41) is 21.5. The van der Waals surface area contributed by atoms with E-state index in [-0.39, 0.29) is 17.3 Å². The molecule has 0 aliphatic carbocycles. The van der Waals surface area contributed by atoms with Crippen LogP contribution in [0.1, 0.15) is 29.8 Å². The number of piperidine rings is 1. The maximum Gasteiger partial charge on any atom is 0.294 e. The first-order valence-electron chi connectivity index (χ1n) is 8.43. The first-order valence-corrected chi connectivity index (χ1v) is 8.43. The number of nitro benzene ring substituents is 1. The molecule has 1 aromatic heterocycles. The molecule has 1 aliphatic heterocycles. The van der Waals surface area contributed by atoms with E-state index in [1.165, 1.54) is 23.6 Å². The minimum atomic E-state index is -0.463. The number of rotatable bonds is 6. The van der Waals surface area contributed by atoms with Crippen LogP contribution in [0.4, 0.5) is 5.69 Å². The van der Waals surface area contributed by atoms with Crippen LogP contribution in [-0.2, 0) is 0 Å². The molecule has 1 aromatic carbocycles. The monoisotopic (exact) mass is 343 g/mol. The van der Waals surface area contributed by atoms with E-state index in [0.717, 1.165) is 19.5 Å². The van der Waals surface area contributed by atoms with E-state index in [1.54, 1.807) is 30.5 Å². The second kappa shape index (κ2) is 7.89. The first-order chi connectivity index (χ1) is 12.1. The highest BCUT2D eigenvalue weighted by molar-refractivity contribution is 5.92. The molecular formula is C17H21N5O3. The van der Waals surface area contributed by atoms with E-state index in [9.17, 15) is 14.9 Å². The number of nitro groups is 1. The predicted octanol–water partition coefficient (Wildman–Crippen LogP) is 1.90. The summed E-state index contributed by atoms with van der Waals surface area (Å²) in [5.41, 5.74) is 0.530. The van der Waals surface area contributed by atoms with Crippen molar-refractivity contribution in [1.29, 1.82) is 0 Å². The maximum absolute atomic E-state index is 12.2. The third-order valence-electron chi connectivity index (χ3n) is 4.38. The zero-order valence-electron chi connectivity index (χ0n) is 13.9. The van der Waals surface area contributed by atoms with E-state index in [2.05, 4.69) is 15.7 Å². The van der Waals surface area contributed by atoms with Crippen LogP contribution in [0, 0.1) is 16.0 Å². The van der Waals surface area contributed by atoms with Gasteiger partial charge >= 0.3 is 0 Å². The molecular weight excluding hydrogens is 322 g/mol. The van der Waals surface area contributed by atoms with Gasteiger partial charge in [0.2, 0.25) is 0 Å². The minimum absolute atomic E-state index is 0.0534. The largest absolute Gasteiger partial charge is 0.351 e. The normalized spacial score (nSPS) is 17.2. The fourth-order valence-corrected chi connectivity index (χ4v) is 3.04. The number of carbonyl (C=O) groups excluding carboxylic acids is 1. The topological polar surface area (TPSA) is 102 Å². The van der Waals surface area contributed by atoms with Gasteiger partial charge in [-0.15, -0.1) is 0 Å². The fraction of sp³-hybridized carbons (Fsp3) is 0.412. The van der Waals surface area contributed by atoms with Crippen LogP contribution in [0.2, 0.25) is 0 Å². The van der Waals surface area contributed by atoms with Crippen LogP contribution in [0.5, 0.6) is 0 Å². The highest BCUT2D eigenvalue weighted by Gasteiger charge is 2.17. The Morgan fingerprint density at radius 3 is 3.00 bits per heavy atom. The number of hydrogen-bond acceptors (Lipinski definition) is 5. The average molecular weight is 343 g/mol. The van der Waals surface area contributed by atoms with Crippen molar-refractivity contribution in [2.75, 3.05) is 19.6 Å². The lowest BCUT2D eigenvalue weighted by Gasteiger charge is -2.22. The van der Waals surface area contributed by atoms with Crippen molar-refractivity contribution in [1.82, 2.24) is 20.4 Å². The Morgan fingerprint density at radius 1 is 1.40 bits per heavy atom. The van der Waals surface area contributed by atoms with E-state index in [0.29, 0.717) is 18.2 Å². The van der Waals surface area contributed by atoms with Gasteiger partial charge in [0.05, 0.1) is 4.92 Å². The number of carbonyl (C=O) groups is 1. The molecule has 1 amide bonds. The molecule has 2 aromatic rings. The van der Waals surface area contributed by atoms with Crippen molar-refractivity contribution in [3.05, 3.63) is 52.3 Å². The molecule has 0 spiro atoms. The lowest BCUT2D eigenvalue weighted by molar-refractivity contribution is -0.384. The molecule has 2 N–H and O–H groups in total. The highest BCUT2D eigenvalue weighted by atomic mass is 16.6. The lowest BCUT2D eigenvalue weighted by Crippen LogP contribution is -2.33. The van der Waals surface area contributed by atoms with Crippen molar-refractivity contribution in [3.63, 3.8) is 0 Å². The Bertz CT molecular complexity index is 752. The second-order valence-corrected chi connectivity index (χ2v) is 6.15. The summed E-state index contributed by atoms with van der Waals surface area (Å²) >= 11 is 0. The average Bonchev–Trinajstić information content (AvgIpc) is 3.12. The number of hydrogen-bond donors (Lipinski definition) is 2. The standard InChI is InChI=1S/C17H21N5O3/c23-17(19-10-7-13-4-3-9-18-12-13)14-8-11-21(20-14)15-5-1-2-6-16(15)22(24)25/h1-2,5-6,8,11,13,18H,3-4,7,9-10,12H2,(H,19,23). The fourth-order valence-electron chi connectivity index (χ4n) is 3.04. The number of para-hydroxylation sites is 2. The molecule has 1 unspecified atom stereocenters. The molecule has 0 saturated carbocycles. The van der Waals surface area contributed by atoms with Gasteiger partial charge in [-0.1, -0.05) is 12.1 Å². The van der Waals surface area contributed by atoms with Crippen molar-refractivity contribution in [2.24, 2.45) is 5.92 Å². The van der Waals surface area contributed by atoms with Crippen molar-refractivity contribution < 1.29 is 9.72 Å². The molecule has 2 heterocycles. The zero-order valence-corrected chi connectivity index (χ0v) is 13.9. The molecule has 1 atom stereocenters. The lowest BCUT2D eigenvalue weighted by atomic mass is 9.96. The summed E-state index contributed by atoms with van der Waals surface area (Å²) in [6.07, 6.45) is 4.86. The molecule has 8 heteroatoms. The summed E-state index contributed by atoms with van der Waals surface area (Å²) in [6, 6.07) is 7.87. The molecule has 1 saturated heterocycles. The Kier molecular flexibility index (Phi) is 5.39. The quantitative estimate of drug-likeness (QED) is 0.616. The van der Waals surface area contributed by atoms with E-state index < -0.39 is 4.92 Å². The second-order valence-electron chi connectivity index (χ2n) is 6.15. The molecule has 1 fully saturated rings. The van der Waals surface area contributed by atoms with Gasteiger partial charge < -0.3 is 10.6 Å². The van der Waals surface area contributed by atoms with Crippen LogP contribution >= 0.6 is 0 Å². The first kappa shape index (κ1) is 17.1. The summed E-state index contributed by atoms with van der Waals surface area (Å²) in [6.45, 7) is 2.68. The number of nitrogens with one attached hydrogen (secondary N) is 2. The Morgan fingerprint density at radius 2 is 2.24 bits per heavy atom. The minimum Gasteiger partial charge on any atom is -0.351 e. The molecule has 132 valence electrons. The number of benzene rings is 1. The zero-order chi connectivity index (χ0) is 17.6. The van der Waals surface area contributed by atoms with E-state index in [4.69, 9.17) is 0 Å². The van der Waals surface area contributed by atoms with Gasteiger partial charge in [0, 0.05) is 18.8 Å². The van der Waals surface area contributed by atoms with Crippen LogP contribution in [0.3, 0.4) is 0 Å². The smallest absolute Gasteiger partial charge is 0.294 e. The molecule has 25 heavy (non-hydrogen) atoms. The number of amides is 1. The molecule has 1 aliphatic rings. The summed E-state index contributed by atoms with van der Waals surface area (Å²) in [4.78, 5) is 22.9. The van der Waals surface area contributed by atoms with Crippen molar-refractivity contribution >= 4 is 11.6 Å². The highest BCUT2D eigenvalue weighted by Crippen LogP contribution is 2.21. The summed E-state index contributed by atoms with van der Waals surface area (Å²) in [7, 11) is 0. The van der Waals surface area contributed by atoms with Crippen LogP contribution in [0.15, 0.2) is 36.5 Å². The SMILES string of the molecule is O=C(NCCC1CCCNC1)c1ccn(-c2ccccc2[N+](=O)[O-])n1. The Labute approximate surface area is 145 Å². The molecule has 8 nitrogen and oxygen atoms in total. The van der Waals surface area contributed by atoms with Gasteiger partial charge in [0.1, 0.15) is 5.69 Å². The summed E-state index contributed by atoms with van der Waals surface area (Å²) < 4.78 is 1.36. The van der Waals surface area contributed by atoms with Gasteiger partial charge in [-0.2, -0.15) is 5.10 Å². The maximum atomic E-state index is 12.2. The third-order valence-corrected chi connectivity index (χ3v) is 4.38. The van der Waals surface area contributed by atoms with Gasteiger partial charge in [-0.05, 0) is 50.4 Å². The molecule has 0 radical (unpaired) electrons. The van der Waals surface area contributed by atoms with E-state index >= 15 is 0 Å².